The lowest BCUT2D eigenvalue weighted by Crippen LogP contribution is -2.33. The summed E-state index contributed by atoms with van der Waals surface area (Å²) in [4.78, 5) is 39.6. The Morgan fingerprint density at radius 2 is 0.784 bits per heavy atom. The molecule has 264 valence electrons. The van der Waals surface area contributed by atoms with E-state index in [9.17, 15) is 14.4 Å². The van der Waals surface area contributed by atoms with Crippen LogP contribution in [-0.4, -0.2) is 18.9 Å². The number of rotatable bonds is 12. The molecular formula is C45H48O3S3. The summed E-state index contributed by atoms with van der Waals surface area (Å²) in [6.45, 7) is 12.6. The standard InChI is InChI=1S/C45H48O3S3/c1-10-43(19-31(13-28(4)5)40(49)34(22-43)25-46)37-16-38(44(11-2)20-32(14-29(6)7)41(50)35(23-44)26-47)18-39(17-37)45(12-3)21-33(15-30(8)9)42(51)36(24-45)27-48/h1-3,16-21,25-30,49-51H,13-15,22-24H2,4-9H3. The smallest absolute Gasteiger partial charge is 0.147 e. The Morgan fingerprint density at radius 3 is 0.961 bits per heavy atom. The fourth-order valence-corrected chi connectivity index (χ4v) is 8.45. The number of hydrogen-bond donors (Lipinski definition) is 3. The van der Waals surface area contributed by atoms with E-state index < -0.39 is 16.2 Å². The Kier molecular flexibility index (Phi) is 12.6. The topological polar surface area (TPSA) is 51.2 Å². The number of carbonyl (C=O) groups excluding carboxylic acids is 3. The van der Waals surface area contributed by atoms with Gasteiger partial charge in [0.25, 0.3) is 0 Å². The molecule has 1 aromatic rings. The second-order valence-electron chi connectivity index (χ2n) is 15.5. The summed E-state index contributed by atoms with van der Waals surface area (Å²) in [6, 6.07) is 6.04. The van der Waals surface area contributed by atoms with Crippen molar-refractivity contribution in [1.82, 2.24) is 0 Å². The van der Waals surface area contributed by atoms with Crippen molar-refractivity contribution in [1.29, 1.82) is 0 Å². The number of allylic oxidation sites excluding steroid dienone is 9. The van der Waals surface area contributed by atoms with Crippen molar-refractivity contribution in [2.75, 3.05) is 0 Å². The molecule has 0 atom stereocenters. The third-order valence-electron chi connectivity index (χ3n) is 10.1. The summed E-state index contributed by atoms with van der Waals surface area (Å²) in [7, 11) is 0. The highest BCUT2D eigenvalue weighted by atomic mass is 32.1. The van der Waals surface area contributed by atoms with Crippen molar-refractivity contribution in [3.05, 3.63) is 101 Å². The minimum atomic E-state index is -1.04. The Bertz CT molecular complexity index is 1720. The van der Waals surface area contributed by atoms with Crippen LogP contribution in [0.4, 0.5) is 0 Å². The molecule has 4 rings (SSSR count). The van der Waals surface area contributed by atoms with Gasteiger partial charge in [0.15, 0.2) is 0 Å². The first-order valence-corrected chi connectivity index (χ1v) is 18.8. The summed E-state index contributed by atoms with van der Waals surface area (Å²) < 4.78 is 0. The summed E-state index contributed by atoms with van der Waals surface area (Å²) in [5.74, 6) is 10.1. The Balaban J connectivity index is 2.16. The number of terminal acetylenes is 3. The number of aldehydes is 3. The van der Waals surface area contributed by atoms with Gasteiger partial charge in [-0.2, -0.15) is 0 Å². The maximum atomic E-state index is 12.5. The average molecular weight is 733 g/mol. The zero-order valence-corrected chi connectivity index (χ0v) is 33.2. The molecule has 0 aromatic heterocycles. The zero-order valence-electron chi connectivity index (χ0n) is 30.5. The molecule has 0 fully saturated rings. The monoisotopic (exact) mass is 732 g/mol. The maximum Gasteiger partial charge on any atom is 0.147 e. The van der Waals surface area contributed by atoms with Crippen molar-refractivity contribution < 1.29 is 14.4 Å². The van der Waals surface area contributed by atoms with E-state index in [0.29, 0.717) is 50.7 Å². The number of carbonyl (C=O) groups is 3. The van der Waals surface area contributed by atoms with Crippen LogP contribution in [0.1, 0.15) is 96.8 Å². The maximum absolute atomic E-state index is 12.5. The lowest BCUT2D eigenvalue weighted by molar-refractivity contribution is -0.105. The van der Waals surface area contributed by atoms with Crippen LogP contribution in [0.25, 0.3) is 0 Å². The zero-order chi connectivity index (χ0) is 37.9. The van der Waals surface area contributed by atoms with Gasteiger partial charge < -0.3 is 0 Å². The summed E-state index contributed by atoms with van der Waals surface area (Å²) in [6.07, 6.45) is 30.9. The lowest BCUT2D eigenvalue weighted by atomic mass is 9.64. The second-order valence-corrected chi connectivity index (χ2v) is 16.8. The molecule has 51 heavy (non-hydrogen) atoms. The Morgan fingerprint density at radius 1 is 0.549 bits per heavy atom. The number of benzene rings is 1. The molecule has 0 aliphatic heterocycles. The van der Waals surface area contributed by atoms with Crippen LogP contribution >= 0.6 is 37.9 Å². The first-order valence-electron chi connectivity index (χ1n) is 17.4. The highest BCUT2D eigenvalue weighted by Crippen LogP contribution is 2.50. The normalized spacial score (nSPS) is 25.2. The van der Waals surface area contributed by atoms with Gasteiger partial charge in [-0.3, -0.25) is 14.4 Å². The van der Waals surface area contributed by atoms with Crippen molar-refractivity contribution in [2.24, 2.45) is 17.8 Å². The SMILES string of the molecule is C#CC1(c2cc(C3(C#C)C=C(CC(C)C)C(S)=C(C=O)C3)cc(C3(C#C)C=C(CC(C)C)C(S)=C(C=O)C3)c2)C=C(CC(C)C)C(S)=C(C=O)C1. The molecule has 0 spiro atoms. The molecule has 0 saturated heterocycles. The van der Waals surface area contributed by atoms with Gasteiger partial charge in [0, 0.05) is 50.7 Å². The number of thiol groups is 3. The van der Waals surface area contributed by atoms with Gasteiger partial charge in [0.05, 0.1) is 16.2 Å². The first kappa shape index (κ1) is 40.2. The average Bonchev–Trinajstić information content (AvgIpc) is 3.10. The van der Waals surface area contributed by atoms with Crippen molar-refractivity contribution in [2.45, 2.75) is 96.3 Å². The van der Waals surface area contributed by atoms with E-state index in [-0.39, 0.29) is 37.0 Å². The Labute approximate surface area is 321 Å². The third-order valence-corrected chi connectivity index (χ3v) is 11.8. The molecular weight excluding hydrogens is 685 g/mol. The molecule has 0 bridgehead atoms. The van der Waals surface area contributed by atoms with E-state index >= 15 is 0 Å². The molecule has 0 amide bonds. The minimum Gasteiger partial charge on any atom is -0.298 e. The molecule has 0 saturated carbocycles. The van der Waals surface area contributed by atoms with Crippen LogP contribution in [-0.2, 0) is 30.6 Å². The van der Waals surface area contributed by atoms with E-state index in [1.54, 1.807) is 0 Å². The van der Waals surface area contributed by atoms with Gasteiger partial charge in [-0.1, -0.05) is 95.7 Å². The lowest BCUT2D eigenvalue weighted by Gasteiger charge is -2.38. The molecule has 1 aromatic carbocycles. The highest BCUT2D eigenvalue weighted by Gasteiger charge is 2.42. The quantitative estimate of drug-likeness (QED) is 0.114. The molecule has 0 N–H and O–H groups in total. The highest BCUT2D eigenvalue weighted by molar-refractivity contribution is 7.85. The van der Waals surface area contributed by atoms with Crippen molar-refractivity contribution in [3.8, 4) is 37.0 Å². The van der Waals surface area contributed by atoms with Crippen LogP contribution in [0.2, 0.25) is 0 Å². The molecule has 3 aliphatic carbocycles. The van der Waals surface area contributed by atoms with Crippen molar-refractivity contribution >= 4 is 56.7 Å². The van der Waals surface area contributed by atoms with Crippen LogP contribution in [0.3, 0.4) is 0 Å². The fourth-order valence-electron chi connectivity index (χ4n) is 7.58. The van der Waals surface area contributed by atoms with Gasteiger partial charge in [-0.15, -0.1) is 57.2 Å². The van der Waals surface area contributed by atoms with Crippen molar-refractivity contribution in [3.63, 3.8) is 0 Å². The van der Waals surface area contributed by atoms with Crippen LogP contribution < -0.4 is 0 Å². The van der Waals surface area contributed by atoms with E-state index in [2.05, 4.69) is 77.5 Å². The van der Waals surface area contributed by atoms with E-state index in [1.807, 2.05) is 18.2 Å². The number of hydrogen-bond acceptors (Lipinski definition) is 6. The molecule has 6 heteroatoms. The summed E-state index contributed by atoms with van der Waals surface area (Å²) >= 11 is 14.3. The molecule has 0 radical (unpaired) electrons. The van der Waals surface area contributed by atoms with E-state index in [0.717, 1.165) is 52.3 Å². The van der Waals surface area contributed by atoms with Gasteiger partial charge in [-0.25, -0.2) is 0 Å². The van der Waals surface area contributed by atoms with Gasteiger partial charge >= 0.3 is 0 Å². The fraction of sp³-hybridized carbons (Fsp3) is 0.400. The third kappa shape index (κ3) is 7.93. The largest absolute Gasteiger partial charge is 0.298 e. The van der Waals surface area contributed by atoms with Crippen LogP contribution in [0.5, 0.6) is 0 Å². The molecule has 0 unspecified atom stereocenters. The predicted octanol–water partition coefficient (Wildman–Crippen LogP) is 9.58. The van der Waals surface area contributed by atoms with Crippen LogP contribution in [0.15, 0.2) is 84.6 Å². The van der Waals surface area contributed by atoms with Gasteiger partial charge in [0.2, 0.25) is 0 Å². The van der Waals surface area contributed by atoms with E-state index in [1.165, 1.54) is 0 Å². The minimum absolute atomic E-state index is 0.228. The molecule has 3 nitrogen and oxygen atoms in total. The predicted molar refractivity (Wildman–Crippen MR) is 221 cm³/mol. The van der Waals surface area contributed by atoms with Crippen LogP contribution in [0, 0.1) is 54.8 Å². The summed E-state index contributed by atoms with van der Waals surface area (Å²) in [5, 5.41) is 0. The summed E-state index contributed by atoms with van der Waals surface area (Å²) in [5.41, 5.74) is 3.33. The van der Waals surface area contributed by atoms with E-state index in [4.69, 9.17) is 57.2 Å². The van der Waals surface area contributed by atoms with Gasteiger partial charge in [0.1, 0.15) is 18.9 Å². The van der Waals surface area contributed by atoms with Gasteiger partial charge in [-0.05, 0) is 70.4 Å². The Hall–Kier alpha value is -3.60. The first-order chi connectivity index (χ1) is 24.1. The molecule has 0 heterocycles. The second kappa shape index (κ2) is 16.0. The molecule has 3 aliphatic rings.